The minimum absolute atomic E-state index is 0.0755. The van der Waals surface area contributed by atoms with Crippen LogP contribution in [0.2, 0.25) is 0 Å². The standard InChI is InChI=1S/C10H19N3O3/c1-12(2)7-9(14)13-5-3-8(4-6-13)11-10(15)16/h8,11H,3-7H2,1-2H3,(H,15,16)/p-1. The molecule has 0 spiro atoms. The topological polar surface area (TPSA) is 75.7 Å². The van der Waals surface area contributed by atoms with E-state index in [1.54, 1.807) is 4.90 Å². The summed E-state index contributed by atoms with van der Waals surface area (Å²) in [5.41, 5.74) is 0. The maximum Gasteiger partial charge on any atom is 0.236 e. The van der Waals surface area contributed by atoms with Gasteiger partial charge in [-0.2, -0.15) is 0 Å². The van der Waals surface area contributed by atoms with Gasteiger partial charge in [-0.25, -0.2) is 0 Å². The smallest absolute Gasteiger partial charge is 0.236 e. The van der Waals surface area contributed by atoms with Crippen LogP contribution in [-0.2, 0) is 4.79 Å². The van der Waals surface area contributed by atoms with E-state index in [-0.39, 0.29) is 11.9 Å². The number of nitrogens with one attached hydrogen (secondary N) is 1. The second-order valence-corrected chi connectivity index (χ2v) is 4.32. The minimum atomic E-state index is -1.24. The molecule has 0 unspecified atom stereocenters. The molecule has 1 heterocycles. The summed E-state index contributed by atoms with van der Waals surface area (Å²) in [6, 6.07) is -0.0755. The number of hydrogen-bond acceptors (Lipinski definition) is 4. The van der Waals surface area contributed by atoms with E-state index in [1.807, 2.05) is 19.0 Å². The van der Waals surface area contributed by atoms with Crippen molar-refractivity contribution in [3.8, 4) is 0 Å². The lowest BCUT2D eigenvalue weighted by Gasteiger charge is -2.33. The second kappa shape index (κ2) is 5.69. The molecule has 0 atom stereocenters. The lowest BCUT2D eigenvalue weighted by Crippen LogP contribution is -2.50. The van der Waals surface area contributed by atoms with Crippen molar-refractivity contribution >= 4 is 12.0 Å². The van der Waals surface area contributed by atoms with Gasteiger partial charge in [0.15, 0.2) is 0 Å². The van der Waals surface area contributed by atoms with Crippen LogP contribution in [0.15, 0.2) is 0 Å². The highest BCUT2D eigenvalue weighted by atomic mass is 16.4. The van der Waals surface area contributed by atoms with Gasteiger partial charge in [0.25, 0.3) is 0 Å². The number of nitrogens with zero attached hydrogens (tertiary/aromatic N) is 2. The van der Waals surface area contributed by atoms with Crippen LogP contribution in [0.1, 0.15) is 12.8 Å². The Morgan fingerprint density at radius 2 is 1.94 bits per heavy atom. The van der Waals surface area contributed by atoms with Crippen LogP contribution in [0.3, 0.4) is 0 Å². The third kappa shape index (κ3) is 4.06. The van der Waals surface area contributed by atoms with Crippen molar-refractivity contribution in [3.63, 3.8) is 0 Å². The highest BCUT2D eigenvalue weighted by Crippen LogP contribution is 2.10. The monoisotopic (exact) mass is 228 g/mol. The summed E-state index contributed by atoms with van der Waals surface area (Å²) >= 11 is 0. The number of carbonyl (C=O) groups excluding carboxylic acids is 2. The Bertz CT molecular complexity index is 260. The van der Waals surface area contributed by atoms with Gasteiger partial charge in [0.2, 0.25) is 5.91 Å². The number of likely N-dealkylation sites (tertiary alicyclic amines) is 1. The van der Waals surface area contributed by atoms with Gasteiger partial charge < -0.3 is 25.0 Å². The Labute approximate surface area is 95.2 Å². The molecule has 0 aromatic heterocycles. The number of rotatable bonds is 3. The molecule has 0 aromatic carbocycles. The fraction of sp³-hybridized carbons (Fsp3) is 0.800. The predicted octanol–water partition coefficient (Wildman–Crippen LogP) is -1.53. The van der Waals surface area contributed by atoms with Crippen LogP contribution < -0.4 is 10.4 Å². The Hall–Kier alpha value is -1.30. The first-order valence-corrected chi connectivity index (χ1v) is 5.39. The molecule has 16 heavy (non-hydrogen) atoms. The zero-order chi connectivity index (χ0) is 12.1. The van der Waals surface area contributed by atoms with Crippen molar-refractivity contribution in [2.75, 3.05) is 33.7 Å². The highest BCUT2D eigenvalue weighted by molar-refractivity contribution is 5.78. The molecular formula is C10H18N3O3-. The van der Waals surface area contributed by atoms with Crippen LogP contribution in [0.25, 0.3) is 0 Å². The molecule has 0 aromatic rings. The van der Waals surface area contributed by atoms with Crippen LogP contribution >= 0.6 is 0 Å². The van der Waals surface area contributed by atoms with Crippen molar-refractivity contribution in [2.24, 2.45) is 0 Å². The van der Waals surface area contributed by atoms with E-state index in [4.69, 9.17) is 0 Å². The van der Waals surface area contributed by atoms with E-state index in [9.17, 15) is 14.7 Å². The number of carboxylic acid groups (broad SMARTS) is 1. The van der Waals surface area contributed by atoms with Crippen LogP contribution in [0.4, 0.5) is 4.79 Å². The third-order valence-electron chi connectivity index (χ3n) is 2.62. The van der Waals surface area contributed by atoms with Gasteiger partial charge in [-0.1, -0.05) is 0 Å². The molecule has 0 radical (unpaired) electrons. The zero-order valence-corrected chi connectivity index (χ0v) is 9.73. The largest absolute Gasteiger partial charge is 0.530 e. The SMILES string of the molecule is CN(C)CC(=O)N1CCC(NC(=O)[O-])CC1. The number of hydrogen-bond donors (Lipinski definition) is 1. The molecule has 1 saturated heterocycles. The first-order chi connectivity index (χ1) is 7.49. The molecule has 6 heteroatoms. The number of carbonyl (C=O) groups is 2. The zero-order valence-electron chi connectivity index (χ0n) is 9.73. The van der Waals surface area contributed by atoms with Gasteiger partial charge in [0.05, 0.1) is 6.54 Å². The molecule has 1 aliphatic rings. The molecule has 2 amide bonds. The Balaban J connectivity index is 2.31. The molecular weight excluding hydrogens is 210 g/mol. The van der Waals surface area contributed by atoms with E-state index in [0.717, 1.165) is 0 Å². The van der Waals surface area contributed by atoms with E-state index < -0.39 is 6.09 Å². The number of piperidine rings is 1. The normalized spacial score (nSPS) is 17.6. The fourth-order valence-electron chi connectivity index (χ4n) is 1.81. The van der Waals surface area contributed by atoms with Crippen LogP contribution in [0.5, 0.6) is 0 Å². The van der Waals surface area contributed by atoms with Crippen molar-refractivity contribution < 1.29 is 14.7 Å². The van der Waals surface area contributed by atoms with E-state index in [0.29, 0.717) is 32.5 Å². The van der Waals surface area contributed by atoms with Crippen LogP contribution in [-0.4, -0.2) is 61.6 Å². The van der Waals surface area contributed by atoms with Gasteiger partial charge in [-0.3, -0.25) is 4.79 Å². The van der Waals surface area contributed by atoms with E-state index in [1.165, 1.54) is 0 Å². The van der Waals surface area contributed by atoms with Crippen LogP contribution in [0, 0.1) is 0 Å². The molecule has 1 N–H and O–H groups in total. The maximum atomic E-state index is 11.7. The molecule has 92 valence electrons. The summed E-state index contributed by atoms with van der Waals surface area (Å²) in [6.07, 6.45) is 0.0818. The first-order valence-electron chi connectivity index (χ1n) is 5.39. The number of likely N-dealkylation sites (N-methyl/N-ethyl adjacent to an activating group) is 1. The Morgan fingerprint density at radius 3 is 2.38 bits per heavy atom. The maximum absolute atomic E-state index is 11.7. The van der Waals surface area contributed by atoms with Gasteiger partial charge in [-0.05, 0) is 26.9 Å². The lowest BCUT2D eigenvalue weighted by atomic mass is 10.1. The second-order valence-electron chi connectivity index (χ2n) is 4.32. The van der Waals surface area contributed by atoms with Gasteiger partial charge in [0, 0.05) is 19.1 Å². The average Bonchev–Trinajstić information content (AvgIpc) is 2.16. The summed E-state index contributed by atoms with van der Waals surface area (Å²) in [5, 5.41) is 12.7. The molecule has 0 aliphatic carbocycles. The summed E-state index contributed by atoms with van der Waals surface area (Å²) in [5.74, 6) is 0.0944. The van der Waals surface area contributed by atoms with Crippen molar-refractivity contribution in [1.29, 1.82) is 0 Å². The molecule has 0 bridgehead atoms. The summed E-state index contributed by atoms with van der Waals surface area (Å²) in [7, 11) is 3.70. The molecule has 1 aliphatic heterocycles. The van der Waals surface area contributed by atoms with E-state index in [2.05, 4.69) is 5.32 Å². The van der Waals surface area contributed by atoms with Gasteiger partial charge >= 0.3 is 0 Å². The summed E-state index contributed by atoms with van der Waals surface area (Å²) in [6.45, 7) is 1.62. The first kappa shape index (κ1) is 12.8. The fourth-order valence-corrected chi connectivity index (χ4v) is 1.81. The quantitative estimate of drug-likeness (QED) is 0.636. The van der Waals surface area contributed by atoms with Crippen molar-refractivity contribution in [2.45, 2.75) is 18.9 Å². The summed E-state index contributed by atoms with van der Waals surface area (Å²) in [4.78, 5) is 25.6. The summed E-state index contributed by atoms with van der Waals surface area (Å²) < 4.78 is 0. The van der Waals surface area contributed by atoms with Gasteiger partial charge in [-0.15, -0.1) is 0 Å². The molecule has 1 rings (SSSR count). The number of amides is 2. The van der Waals surface area contributed by atoms with Gasteiger partial charge in [0.1, 0.15) is 6.09 Å². The molecule has 0 saturated carbocycles. The van der Waals surface area contributed by atoms with E-state index >= 15 is 0 Å². The molecule has 1 fully saturated rings. The highest BCUT2D eigenvalue weighted by Gasteiger charge is 2.22. The Kier molecular flexibility index (Phi) is 4.54. The lowest BCUT2D eigenvalue weighted by molar-refractivity contribution is -0.251. The third-order valence-corrected chi connectivity index (χ3v) is 2.62. The Morgan fingerprint density at radius 1 is 1.38 bits per heavy atom. The average molecular weight is 228 g/mol. The minimum Gasteiger partial charge on any atom is -0.530 e. The predicted molar refractivity (Wildman–Crippen MR) is 56.7 cm³/mol. The van der Waals surface area contributed by atoms with Crippen molar-refractivity contribution in [1.82, 2.24) is 15.1 Å². The van der Waals surface area contributed by atoms with Crippen molar-refractivity contribution in [3.05, 3.63) is 0 Å². The molecule has 6 nitrogen and oxygen atoms in total.